The first kappa shape index (κ1) is 19.5. The second kappa shape index (κ2) is 6.76. The zero-order valence-corrected chi connectivity index (χ0v) is 19.1. The van der Waals surface area contributed by atoms with Gasteiger partial charge < -0.3 is 10.0 Å². The van der Waals surface area contributed by atoms with Crippen molar-refractivity contribution >= 4 is 17.5 Å². The summed E-state index contributed by atoms with van der Waals surface area (Å²) in [5.74, 6) is 4.20. The molecule has 1 N–H and O–H groups in total. The van der Waals surface area contributed by atoms with E-state index < -0.39 is 0 Å². The zero-order valence-electron chi connectivity index (χ0n) is 18.3. The third kappa shape index (κ3) is 2.64. The number of hydrogen-bond donors (Lipinski definition) is 1. The minimum Gasteiger partial charge on any atom is -0.508 e. The lowest BCUT2D eigenvalue weighted by Crippen LogP contribution is -2.62. The summed E-state index contributed by atoms with van der Waals surface area (Å²) in [6.07, 6.45) is 8.87. The third-order valence-electron chi connectivity index (χ3n) is 9.91. The summed E-state index contributed by atoms with van der Waals surface area (Å²) in [5, 5.41) is 10.3. The van der Waals surface area contributed by atoms with Crippen molar-refractivity contribution in [1.29, 1.82) is 0 Å². The normalized spacial score (nSPS) is 38.9. The van der Waals surface area contributed by atoms with Gasteiger partial charge in [0.05, 0.1) is 0 Å². The van der Waals surface area contributed by atoms with Crippen LogP contribution in [-0.2, 0) is 11.2 Å². The Morgan fingerprint density at radius 2 is 1.66 bits per heavy atom. The van der Waals surface area contributed by atoms with Gasteiger partial charge in [-0.2, -0.15) is 0 Å². The van der Waals surface area contributed by atoms with Crippen LogP contribution in [-0.4, -0.2) is 28.5 Å². The Balaban J connectivity index is 1.07. The van der Waals surface area contributed by atoms with Crippen LogP contribution in [0.3, 0.4) is 0 Å². The fourth-order valence-corrected chi connectivity index (χ4v) is 9.10. The van der Waals surface area contributed by atoms with Crippen molar-refractivity contribution in [2.24, 2.45) is 35.0 Å². The van der Waals surface area contributed by atoms with Crippen LogP contribution >= 0.6 is 11.6 Å². The van der Waals surface area contributed by atoms with E-state index >= 15 is 0 Å². The van der Waals surface area contributed by atoms with Crippen LogP contribution in [0.15, 0.2) is 42.5 Å². The average Bonchev–Trinajstić information content (AvgIpc) is 3.32. The molecule has 4 aliphatic carbocycles. The topological polar surface area (TPSA) is 40.5 Å². The van der Waals surface area contributed by atoms with Gasteiger partial charge in [-0.1, -0.05) is 35.9 Å². The van der Waals surface area contributed by atoms with Gasteiger partial charge in [0, 0.05) is 23.5 Å². The van der Waals surface area contributed by atoms with E-state index in [-0.39, 0.29) is 11.7 Å². The second-order valence-corrected chi connectivity index (χ2v) is 11.8. The number of nitrogens with zero attached hydrogens (tertiary/aromatic N) is 1. The molecule has 4 heteroatoms. The lowest BCUT2D eigenvalue weighted by atomic mass is 9.52. The molecule has 2 aromatic rings. The number of hydrogen-bond acceptors (Lipinski definition) is 2. The highest BCUT2D eigenvalue weighted by Crippen LogP contribution is 2.76. The molecule has 1 aliphatic heterocycles. The molecule has 0 aromatic heterocycles. The van der Waals surface area contributed by atoms with Crippen LogP contribution in [0, 0.1) is 35.0 Å². The minimum atomic E-state index is 0.0689. The standard InChI is InChI=1S/C28H30ClNO2/c29-25-13-19(18-3-5-22(31)6-4-18)1-2-20(25)12-21-7-8-30(27(21)32)26-23-10-16-9-17-11-24(26)28(23,14-16)15-17/h1-6,13,16-17,21,23-24,26,31H,7-12,14-15H2. The number of carbonyl (C=O) groups excluding carboxylic acids is 1. The van der Waals surface area contributed by atoms with Gasteiger partial charge in [-0.05, 0) is 109 Å². The van der Waals surface area contributed by atoms with E-state index in [2.05, 4.69) is 17.0 Å². The zero-order chi connectivity index (χ0) is 21.6. The number of phenols is 1. The van der Waals surface area contributed by atoms with E-state index in [0.29, 0.717) is 17.4 Å². The number of phenolic OH excluding ortho intramolecular Hbond substituents is 1. The second-order valence-electron chi connectivity index (χ2n) is 11.4. The number of halogens is 1. The lowest BCUT2D eigenvalue weighted by Gasteiger charge is -2.59. The molecule has 1 saturated heterocycles. The molecule has 4 saturated carbocycles. The molecular weight excluding hydrogens is 418 g/mol. The van der Waals surface area contributed by atoms with E-state index in [1.54, 1.807) is 12.1 Å². The maximum atomic E-state index is 13.5. The molecule has 166 valence electrons. The number of amides is 1. The van der Waals surface area contributed by atoms with E-state index in [9.17, 15) is 9.90 Å². The van der Waals surface area contributed by atoms with Crippen molar-refractivity contribution in [2.75, 3.05) is 6.54 Å². The number of carbonyl (C=O) groups is 1. The number of benzene rings is 2. The predicted octanol–water partition coefficient (Wildman–Crippen LogP) is 5.93. The van der Waals surface area contributed by atoms with Crippen molar-refractivity contribution in [1.82, 2.24) is 4.90 Å². The first-order valence-electron chi connectivity index (χ1n) is 12.4. The van der Waals surface area contributed by atoms with Gasteiger partial charge in [-0.25, -0.2) is 0 Å². The van der Waals surface area contributed by atoms with Gasteiger partial charge in [0.15, 0.2) is 0 Å². The summed E-state index contributed by atoms with van der Waals surface area (Å²) in [5.41, 5.74) is 3.76. The molecule has 5 fully saturated rings. The molecule has 5 aliphatic rings. The average molecular weight is 448 g/mol. The number of rotatable bonds is 4. The van der Waals surface area contributed by atoms with Crippen molar-refractivity contribution in [3.05, 3.63) is 53.1 Å². The summed E-state index contributed by atoms with van der Waals surface area (Å²) in [6.45, 7) is 0.940. The Hall–Kier alpha value is -2.00. The summed E-state index contributed by atoms with van der Waals surface area (Å²) in [7, 11) is 0. The fourth-order valence-electron chi connectivity index (χ4n) is 8.84. The van der Waals surface area contributed by atoms with E-state index in [1.807, 2.05) is 18.2 Å². The number of aromatic hydroxyl groups is 1. The molecule has 32 heavy (non-hydrogen) atoms. The van der Waals surface area contributed by atoms with Gasteiger partial charge in [0.25, 0.3) is 0 Å². The molecule has 1 spiro atoms. The molecule has 3 bridgehead atoms. The maximum absolute atomic E-state index is 13.5. The predicted molar refractivity (Wildman–Crippen MR) is 125 cm³/mol. The molecule has 1 heterocycles. The van der Waals surface area contributed by atoms with E-state index in [0.717, 1.165) is 64.8 Å². The summed E-state index contributed by atoms with van der Waals surface area (Å²) in [6, 6.07) is 13.9. The summed E-state index contributed by atoms with van der Waals surface area (Å²) >= 11 is 6.67. The fraction of sp³-hybridized carbons (Fsp3) is 0.536. The van der Waals surface area contributed by atoms with Crippen LogP contribution in [0.4, 0.5) is 0 Å². The van der Waals surface area contributed by atoms with Gasteiger partial charge >= 0.3 is 0 Å². The molecule has 5 unspecified atom stereocenters. The molecule has 7 rings (SSSR count). The lowest BCUT2D eigenvalue weighted by molar-refractivity contribution is -0.150. The summed E-state index contributed by atoms with van der Waals surface area (Å²) in [4.78, 5) is 15.8. The van der Waals surface area contributed by atoms with Crippen LogP contribution in [0.1, 0.15) is 44.1 Å². The Kier molecular flexibility index (Phi) is 4.11. The smallest absolute Gasteiger partial charge is 0.226 e. The van der Waals surface area contributed by atoms with Gasteiger partial charge in [0.1, 0.15) is 5.75 Å². The highest BCUT2D eigenvalue weighted by Gasteiger charge is 2.72. The quantitative estimate of drug-likeness (QED) is 0.631. The molecule has 1 amide bonds. The van der Waals surface area contributed by atoms with E-state index in [1.165, 1.54) is 32.1 Å². The molecule has 2 aromatic carbocycles. The number of likely N-dealkylation sites (tertiary alicyclic amines) is 1. The Morgan fingerprint density at radius 1 is 0.969 bits per heavy atom. The van der Waals surface area contributed by atoms with Crippen LogP contribution in [0.25, 0.3) is 11.1 Å². The van der Waals surface area contributed by atoms with Gasteiger partial charge in [-0.3, -0.25) is 4.79 Å². The number of fused-ring (bicyclic) bond motifs is 2. The van der Waals surface area contributed by atoms with Crippen LogP contribution in [0.2, 0.25) is 5.02 Å². The van der Waals surface area contributed by atoms with Crippen molar-refractivity contribution in [3.63, 3.8) is 0 Å². The molecule has 3 nitrogen and oxygen atoms in total. The Labute approximate surface area is 194 Å². The van der Waals surface area contributed by atoms with Crippen LogP contribution in [0.5, 0.6) is 5.75 Å². The van der Waals surface area contributed by atoms with Crippen molar-refractivity contribution < 1.29 is 9.90 Å². The van der Waals surface area contributed by atoms with Gasteiger partial charge in [0.2, 0.25) is 5.91 Å². The first-order chi connectivity index (χ1) is 15.5. The first-order valence-corrected chi connectivity index (χ1v) is 12.8. The minimum absolute atomic E-state index is 0.0689. The molecule has 5 atom stereocenters. The van der Waals surface area contributed by atoms with Crippen molar-refractivity contribution in [2.45, 2.75) is 51.0 Å². The molecule has 0 radical (unpaired) electrons. The maximum Gasteiger partial charge on any atom is 0.226 e. The Bertz CT molecular complexity index is 1070. The SMILES string of the molecule is O=C1C(Cc2ccc(-c3ccc(O)cc3)cc2Cl)CCN1C1C2CC3CC4CC1C2(C3)C4. The monoisotopic (exact) mass is 447 g/mol. The van der Waals surface area contributed by atoms with Gasteiger partial charge in [-0.15, -0.1) is 0 Å². The molecular formula is C28H30ClNO2. The third-order valence-corrected chi connectivity index (χ3v) is 10.3. The highest BCUT2D eigenvalue weighted by atomic mass is 35.5. The summed E-state index contributed by atoms with van der Waals surface area (Å²) < 4.78 is 0. The van der Waals surface area contributed by atoms with Crippen molar-refractivity contribution in [3.8, 4) is 16.9 Å². The highest BCUT2D eigenvalue weighted by molar-refractivity contribution is 6.31. The largest absolute Gasteiger partial charge is 0.508 e. The van der Waals surface area contributed by atoms with E-state index in [4.69, 9.17) is 11.6 Å². The Morgan fingerprint density at radius 3 is 2.34 bits per heavy atom. The van der Waals surface area contributed by atoms with Crippen LogP contribution < -0.4 is 0 Å².